The van der Waals surface area contributed by atoms with Crippen molar-refractivity contribution in [3.05, 3.63) is 16.7 Å². The molecule has 0 amide bonds. The highest BCUT2D eigenvalue weighted by Crippen LogP contribution is 2.30. The van der Waals surface area contributed by atoms with Crippen molar-refractivity contribution in [2.24, 2.45) is 0 Å². The molecular formula is C10H13N5O5. The summed E-state index contributed by atoms with van der Waals surface area (Å²) in [6.07, 6.45) is -3.21. The number of aliphatic hydroxyl groups excluding tert-OH is 3. The summed E-state index contributed by atoms with van der Waals surface area (Å²) >= 11 is 0. The van der Waals surface area contributed by atoms with Gasteiger partial charge in [-0.15, -0.1) is 0 Å². The van der Waals surface area contributed by atoms with Gasteiger partial charge in [-0.05, 0) is 0 Å². The Hall–Kier alpha value is -2.01. The minimum absolute atomic E-state index is 0.0388. The number of anilines is 1. The van der Waals surface area contributed by atoms with E-state index in [9.17, 15) is 15.0 Å². The van der Waals surface area contributed by atoms with Crippen molar-refractivity contribution >= 4 is 17.1 Å². The summed E-state index contributed by atoms with van der Waals surface area (Å²) < 4.78 is 6.64. The van der Waals surface area contributed by atoms with E-state index < -0.39 is 36.7 Å². The van der Waals surface area contributed by atoms with Crippen molar-refractivity contribution in [1.29, 1.82) is 0 Å². The lowest BCUT2D eigenvalue weighted by Gasteiger charge is -2.16. The highest BCUT2D eigenvalue weighted by atomic mass is 16.6. The molecule has 2 aromatic heterocycles. The van der Waals surface area contributed by atoms with Crippen LogP contribution < -0.4 is 11.3 Å². The maximum atomic E-state index is 11.7. The number of fused-ring (bicyclic) bond motifs is 1. The second kappa shape index (κ2) is 4.52. The van der Waals surface area contributed by atoms with Crippen LogP contribution in [0.5, 0.6) is 0 Å². The lowest BCUT2D eigenvalue weighted by Crippen LogP contribution is -2.33. The first kappa shape index (κ1) is 13.0. The number of H-pyrrole nitrogens is 1. The minimum Gasteiger partial charge on any atom is -0.394 e. The summed E-state index contributed by atoms with van der Waals surface area (Å²) in [5.74, 6) is -0.101. The second-order valence-electron chi connectivity index (χ2n) is 4.50. The number of imidazole rings is 1. The molecule has 10 nitrogen and oxygen atoms in total. The maximum absolute atomic E-state index is 11.7. The van der Waals surface area contributed by atoms with Crippen LogP contribution in [0.3, 0.4) is 0 Å². The zero-order valence-electron chi connectivity index (χ0n) is 10.2. The molecule has 0 bridgehead atoms. The van der Waals surface area contributed by atoms with Gasteiger partial charge in [0.15, 0.2) is 17.4 Å². The molecule has 1 saturated heterocycles. The topological polar surface area (TPSA) is 160 Å². The van der Waals surface area contributed by atoms with Gasteiger partial charge in [-0.2, -0.15) is 4.98 Å². The lowest BCUT2D eigenvalue weighted by molar-refractivity contribution is -0.0511. The molecule has 2 aromatic rings. The number of nitrogens with two attached hydrogens (primary N) is 1. The van der Waals surface area contributed by atoms with E-state index in [4.69, 9.17) is 15.6 Å². The number of ether oxygens (including phenoxy) is 1. The maximum Gasteiger partial charge on any atom is 0.280 e. The number of hydrogen-bond acceptors (Lipinski definition) is 8. The number of rotatable bonds is 2. The van der Waals surface area contributed by atoms with Crippen LogP contribution in [-0.4, -0.2) is 59.8 Å². The van der Waals surface area contributed by atoms with Crippen LogP contribution in [0, 0.1) is 0 Å². The van der Waals surface area contributed by atoms with E-state index >= 15 is 0 Å². The predicted molar refractivity (Wildman–Crippen MR) is 65.6 cm³/mol. The lowest BCUT2D eigenvalue weighted by atomic mass is 10.1. The third kappa shape index (κ3) is 1.78. The van der Waals surface area contributed by atoms with E-state index in [2.05, 4.69) is 15.0 Å². The molecular weight excluding hydrogens is 271 g/mol. The fraction of sp³-hybridized carbons (Fsp3) is 0.500. The minimum atomic E-state index is -1.29. The Labute approximate surface area is 111 Å². The molecule has 1 aliphatic rings. The van der Waals surface area contributed by atoms with Gasteiger partial charge in [0.25, 0.3) is 5.56 Å². The molecule has 0 saturated carbocycles. The molecule has 20 heavy (non-hydrogen) atoms. The molecule has 3 rings (SSSR count). The normalized spacial score (nSPS) is 30.1. The van der Waals surface area contributed by atoms with Crippen LogP contribution in [0.4, 0.5) is 5.95 Å². The van der Waals surface area contributed by atoms with Crippen LogP contribution in [0.1, 0.15) is 6.23 Å². The Morgan fingerprint density at radius 2 is 2.20 bits per heavy atom. The highest BCUT2D eigenvalue weighted by molar-refractivity contribution is 5.70. The number of nitrogen functional groups attached to an aromatic ring is 1. The smallest absolute Gasteiger partial charge is 0.280 e. The Kier molecular flexibility index (Phi) is 2.94. The highest BCUT2D eigenvalue weighted by Gasteiger charge is 2.44. The largest absolute Gasteiger partial charge is 0.394 e. The Bertz CT molecular complexity index is 697. The van der Waals surface area contributed by atoms with Crippen LogP contribution in [0.2, 0.25) is 0 Å². The van der Waals surface area contributed by atoms with E-state index in [-0.39, 0.29) is 17.1 Å². The monoisotopic (exact) mass is 284 g/mol. The number of hydrogen-bond donors (Lipinski definition) is 5. The van der Waals surface area contributed by atoms with Crippen molar-refractivity contribution in [3.8, 4) is 0 Å². The SMILES string of the molecule is Nc1nc2c([15n]cn2[C@@H]2O[C@H](CO)[C@@H](O)[C@H]2O)c(=O)[nH]1. The number of nitrogens with one attached hydrogen (secondary N) is 1. The summed E-state index contributed by atoms with van der Waals surface area (Å²) in [5, 5.41) is 28.7. The average Bonchev–Trinajstić information content (AvgIpc) is 2.93. The summed E-state index contributed by atoms with van der Waals surface area (Å²) in [6, 6.07) is 0. The molecule has 0 radical (unpaired) electrons. The van der Waals surface area contributed by atoms with Gasteiger partial charge in [0.1, 0.15) is 18.3 Å². The van der Waals surface area contributed by atoms with Crippen LogP contribution in [-0.2, 0) is 4.74 Å². The first-order valence-corrected chi connectivity index (χ1v) is 5.87. The molecule has 6 N–H and O–H groups in total. The molecule has 1 fully saturated rings. The standard InChI is InChI=1S/C10H13N5O5/c11-10-13-7-4(8(19)14-10)12-2-15(7)9-6(18)5(17)3(1-16)20-9/h2-3,5-6,9,16-18H,1H2,(H3,11,13,14,19)/t3-,5-,6-,9-/m1/s1/i12+1. The van der Waals surface area contributed by atoms with Gasteiger partial charge in [-0.3, -0.25) is 14.3 Å². The van der Waals surface area contributed by atoms with Gasteiger partial charge >= 0.3 is 0 Å². The number of aliphatic hydroxyl groups is 3. The van der Waals surface area contributed by atoms with Crippen molar-refractivity contribution in [1.82, 2.24) is 19.5 Å². The first-order chi connectivity index (χ1) is 9.52. The number of aromatic amines is 1. The predicted octanol–water partition coefficient (Wildman–Crippen LogP) is -2.69. The molecule has 0 aliphatic carbocycles. The zero-order chi connectivity index (χ0) is 14.4. The van der Waals surface area contributed by atoms with Crippen molar-refractivity contribution in [3.63, 3.8) is 0 Å². The summed E-state index contributed by atoms with van der Waals surface area (Å²) in [5.41, 5.74) is 5.12. The van der Waals surface area contributed by atoms with Gasteiger partial charge in [-0.25, -0.2) is 4.98 Å². The summed E-state index contributed by atoms with van der Waals surface area (Å²) in [4.78, 5) is 21.8. The van der Waals surface area contributed by atoms with E-state index in [1.54, 1.807) is 0 Å². The third-order valence-corrected chi connectivity index (χ3v) is 3.24. The Balaban J connectivity index is 2.09. The molecule has 4 atom stereocenters. The molecule has 10 heteroatoms. The van der Waals surface area contributed by atoms with Gasteiger partial charge < -0.3 is 25.8 Å². The number of aromatic nitrogens is 4. The van der Waals surface area contributed by atoms with Gasteiger partial charge in [0, 0.05) is 0 Å². The van der Waals surface area contributed by atoms with Gasteiger partial charge in [0.05, 0.1) is 12.9 Å². The fourth-order valence-corrected chi connectivity index (χ4v) is 2.24. The van der Waals surface area contributed by atoms with Gasteiger partial charge in [0.2, 0.25) is 5.95 Å². The second-order valence-corrected chi connectivity index (χ2v) is 4.50. The Morgan fingerprint density at radius 1 is 1.45 bits per heavy atom. The van der Waals surface area contributed by atoms with E-state index in [0.29, 0.717) is 0 Å². The van der Waals surface area contributed by atoms with E-state index in [0.717, 1.165) is 0 Å². The third-order valence-electron chi connectivity index (χ3n) is 3.24. The van der Waals surface area contributed by atoms with Crippen molar-refractivity contribution in [2.75, 3.05) is 12.3 Å². The van der Waals surface area contributed by atoms with Crippen LogP contribution in [0.25, 0.3) is 11.2 Å². The molecule has 0 aromatic carbocycles. The molecule has 0 unspecified atom stereocenters. The van der Waals surface area contributed by atoms with E-state index in [1.807, 2.05) is 0 Å². The average molecular weight is 284 g/mol. The molecule has 1 aliphatic heterocycles. The van der Waals surface area contributed by atoms with E-state index in [1.165, 1.54) is 10.9 Å². The van der Waals surface area contributed by atoms with Crippen LogP contribution in [0.15, 0.2) is 11.1 Å². The first-order valence-electron chi connectivity index (χ1n) is 5.87. The van der Waals surface area contributed by atoms with Crippen molar-refractivity contribution < 1.29 is 20.1 Å². The fourth-order valence-electron chi connectivity index (χ4n) is 2.24. The molecule has 108 valence electrons. The van der Waals surface area contributed by atoms with Crippen LogP contribution >= 0.6 is 0 Å². The summed E-state index contributed by atoms with van der Waals surface area (Å²) in [6.45, 7) is -0.447. The molecule has 0 spiro atoms. The summed E-state index contributed by atoms with van der Waals surface area (Å²) in [7, 11) is 0. The molecule has 3 heterocycles. The Morgan fingerprint density at radius 3 is 2.85 bits per heavy atom. The zero-order valence-corrected chi connectivity index (χ0v) is 10.2. The quantitative estimate of drug-likeness (QED) is 0.398. The number of nitrogens with zero attached hydrogens (tertiary/aromatic N) is 3. The van der Waals surface area contributed by atoms with Gasteiger partial charge in [-0.1, -0.05) is 0 Å². The van der Waals surface area contributed by atoms with Crippen molar-refractivity contribution in [2.45, 2.75) is 24.5 Å².